The Morgan fingerprint density at radius 2 is 1.72 bits per heavy atom. The molecule has 1 N–H and O–H groups in total. The topological polar surface area (TPSA) is 118 Å². The number of hydrazone groups is 1. The Kier molecular flexibility index (Phi) is 7.29. The maximum atomic E-state index is 13.1. The first-order valence-corrected chi connectivity index (χ1v) is 10.8. The number of methoxy groups -OCH3 is 1. The highest BCUT2D eigenvalue weighted by Gasteiger charge is 2.27. The van der Waals surface area contributed by atoms with Gasteiger partial charge in [-0.2, -0.15) is 5.10 Å². The molecular weight excluding hydrogens is 432 g/mol. The molecule has 0 saturated carbocycles. The number of rotatable bonds is 8. The summed E-state index contributed by atoms with van der Waals surface area (Å²) in [7, 11) is -2.74. The van der Waals surface area contributed by atoms with Crippen LogP contribution >= 0.6 is 0 Å². The Bertz CT molecular complexity index is 1200. The van der Waals surface area contributed by atoms with E-state index in [0.29, 0.717) is 11.1 Å². The van der Waals surface area contributed by atoms with Crippen molar-refractivity contribution in [3.63, 3.8) is 0 Å². The van der Waals surface area contributed by atoms with E-state index < -0.39 is 28.4 Å². The van der Waals surface area contributed by atoms with Crippen LogP contribution in [0.4, 0.5) is 5.82 Å². The van der Waals surface area contributed by atoms with E-state index in [1.54, 1.807) is 54.6 Å². The summed E-state index contributed by atoms with van der Waals surface area (Å²) in [5.74, 6) is -1.01. The summed E-state index contributed by atoms with van der Waals surface area (Å²) in [5, 5.41) is 3.86. The average Bonchev–Trinajstić information content (AvgIpc) is 2.83. The lowest BCUT2D eigenvalue weighted by atomic mass is 10.1. The molecule has 0 bridgehead atoms. The summed E-state index contributed by atoms with van der Waals surface area (Å²) in [4.78, 5) is 28.0. The molecule has 3 aromatic rings. The number of hydrogen-bond donors (Lipinski definition) is 1. The van der Waals surface area contributed by atoms with Gasteiger partial charge in [-0.3, -0.25) is 4.79 Å². The SMILES string of the molecule is COC(=O)c1ccc(/C=N\NC(=O)CN(c2ccccn2)S(=O)(=O)c2ccccc2)cc1. The molecule has 1 amide bonds. The second-order valence-electron chi connectivity index (χ2n) is 6.42. The number of pyridine rings is 1. The first-order valence-electron chi connectivity index (χ1n) is 9.41. The van der Waals surface area contributed by atoms with Crippen molar-refractivity contribution >= 4 is 33.9 Å². The summed E-state index contributed by atoms with van der Waals surface area (Å²) >= 11 is 0. The van der Waals surface area contributed by atoms with Crippen LogP contribution in [-0.2, 0) is 19.6 Å². The number of esters is 1. The fourth-order valence-corrected chi connectivity index (χ4v) is 4.07. The minimum atomic E-state index is -4.03. The molecule has 32 heavy (non-hydrogen) atoms. The first-order chi connectivity index (χ1) is 15.4. The van der Waals surface area contributed by atoms with Gasteiger partial charge in [-0.05, 0) is 42.0 Å². The Labute approximate surface area is 185 Å². The van der Waals surface area contributed by atoms with Gasteiger partial charge < -0.3 is 4.74 Å². The summed E-state index contributed by atoms with van der Waals surface area (Å²) in [6.45, 7) is -0.521. The Morgan fingerprint density at radius 1 is 1.03 bits per heavy atom. The molecule has 0 spiro atoms. The molecule has 0 aliphatic heterocycles. The van der Waals surface area contributed by atoms with Gasteiger partial charge in [0.15, 0.2) is 0 Å². The van der Waals surface area contributed by atoms with E-state index in [1.807, 2.05) is 0 Å². The number of hydrogen-bond acceptors (Lipinski definition) is 7. The zero-order chi connectivity index (χ0) is 23.0. The molecule has 9 nitrogen and oxygen atoms in total. The van der Waals surface area contributed by atoms with Gasteiger partial charge in [0.25, 0.3) is 15.9 Å². The van der Waals surface area contributed by atoms with Crippen molar-refractivity contribution in [2.75, 3.05) is 18.0 Å². The Balaban J connectivity index is 1.73. The van der Waals surface area contributed by atoms with E-state index in [9.17, 15) is 18.0 Å². The second kappa shape index (κ2) is 10.3. The van der Waals surface area contributed by atoms with E-state index in [4.69, 9.17) is 0 Å². The van der Waals surface area contributed by atoms with Gasteiger partial charge in [-0.1, -0.05) is 36.4 Å². The molecule has 0 unspecified atom stereocenters. The number of benzene rings is 2. The van der Waals surface area contributed by atoms with Crippen molar-refractivity contribution in [2.24, 2.45) is 5.10 Å². The minimum absolute atomic E-state index is 0.0349. The number of amides is 1. The molecule has 0 aliphatic carbocycles. The summed E-state index contributed by atoms with van der Waals surface area (Å²) in [6.07, 6.45) is 2.81. The van der Waals surface area contributed by atoms with Gasteiger partial charge in [-0.25, -0.2) is 27.9 Å². The van der Waals surface area contributed by atoms with E-state index in [1.165, 1.54) is 37.7 Å². The lowest BCUT2D eigenvalue weighted by Gasteiger charge is -2.22. The largest absolute Gasteiger partial charge is 0.465 e. The van der Waals surface area contributed by atoms with Gasteiger partial charge in [-0.15, -0.1) is 0 Å². The third-order valence-corrected chi connectivity index (χ3v) is 6.02. The van der Waals surface area contributed by atoms with Crippen LogP contribution in [0.2, 0.25) is 0 Å². The summed E-state index contributed by atoms with van der Waals surface area (Å²) in [6, 6.07) is 18.9. The minimum Gasteiger partial charge on any atom is -0.465 e. The van der Waals surface area contributed by atoms with Crippen molar-refractivity contribution < 1.29 is 22.7 Å². The lowest BCUT2D eigenvalue weighted by molar-refractivity contribution is -0.119. The highest BCUT2D eigenvalue weighted by atomic mass is 32.2. The highest BCUT2D eigenvalue weighted by Crippen LogP contribution is 2.21. The number of anilines is 1. The van der Waals surface area contributed by atoms with Crippen LogP contribution in [0.5, 0.6) is 0 Å². The monoisotopic (exact) mass is 452 g/mol. The van der Waals surface area contributed by atoms with E-state index in [-0.39, 0.29) is 10.7 Å². The third kappa shape index (κ3) is 5.55. The zero-order valence-electron chi connectivity index (χ0n) is 17.1. The van der Waals surface area contributed by atoms with Crippen molar-refractivity contribution in [1.29, 1.82) is 0 Å². The van der Waals surface area contributed by atoms with E-state index in [0.717, 1.165) is 4.31 Å². The quantitative estimate of drug-likeness (QED) is 0.318. The molecule has 10 heteroatoms. The number of nitrogens with one attached hydrogen (secondary N) is 1. The van der Waals surface area contributed by atoms with Crippen LogP contribution in [0, 0.1) is 0 Å². The molecular formula is C22H20N4O5S. The van der Waals surface area contributed by atoms with Crippen molar-refractivity contribution in [2.45, 2.75) is 4.90 Å². The Hall–Kier alpha value is -4.05. The third-order valence-electron chi connectivity index (χ3n) is 4.26. The predicted molar refractivity (Wildman–Crippen MR) is 119 cm³/mol. The van der Waals surface area contributed by atoms with Crippen molar-refractivity contribution in [1.82, 2.24) is 10.4 Å². The number of aromatic nitrogens is 1. The molecule has 0 atom stereocenters. The average molecular weight is 452 g/mol. The van der Waals surface area contributed by atoms with Crippen LogP contribution in [0.15, 0.2) is 89.0 Å². The van der Waals surface area contributed by atoms with Gasteiger partial charge in [0, 0.05) is 6.20 Å². The van der Waals surface area contributed by atoms with E-state index >= 15 is 0 Å². The molecule has 1 heterocycles. The molecule has 0 saturated heterocycles. The van der Waals surface area contributed by atoms with Gasteiger partial charge in [0.1, 0.15) is 12.4 Å². The van der Waals surface area contributed by atoms with Crippen LogP contribution in [-0.4, -0.2) is 45.1 Å². The van der Waals surface area contributed by atoms with Crippen LogP contribution < -0.4 is 9.73 Å². The smallest absolute Gasteiger partial charge is 0.337 e. The molecule has 0 aliphatic rings. The fraction of sp³-hybridized carbons (Fsp3) is 0.0909. The maximum absolute atomic E-state index is 13.1. The number of carbonyl (C=O) groups excluding carboxylic acids is 2. The van der Waals surface area contributed by atoms with Gasteiger partial charge in [0.05, 0.1) is 23.8 Å². The molecule has 1 aromatic heterocycles. The number of ether oxygens (including phenoxy) is 1. The Morgan fingerprint density at radius 3 is 2.34 bits per heavy atom. The molecule has 3 rings (SSSR count). The number of sulfonamides is 1. The van der Waals surface area contributed by atoms with Crippen LogP contribution in [0.25, 0.3) is 0 Å². The standard InChI is InChI=1S/C22H20N4O5S/c1-31-22(28)18-12-10-17(11-13-18)15-24-25-21(27)16-26(20-9-5-6-14-23-20)32(29,30)19-7-3-2-4-8-19/h2-15H,16H2,1H3,(H,25,27)/b24-15-. The van der Waals surface area contributed by atoms with Crippen molar-refractivity contribution in [3.05, 3.63) is 90.1 Å². The van der Waals surface area contributed by atoms with Crippen molar-refractivity contribution in [3.8, 4) is 0 Å². The van der Waals surface area contributed by atoms with E-state index in [2.05, 4.69) is 20.2 Å². The summed E-state index contributed by atoms with van der Waals surface area (Å²) < 4.78 is 31.8. The van der Waals surface area contributed by atoms with Crippen LogP contribution in [0.1, 0.15) is 15.9 Å². The van der Waals surface area contributed by atoms with Gasteiger partial charge in [0.2, 0.25) is 0 Å². The molecule has 164 valence electrons. The fourth-order valence-electron chi connectivity index (χ4n) is 2.68. The number of carbonyl (C=O) groups is 2. The lowest BCUT2D eigenvalue weighted by Crippen LogP contribution is -2.40. The number of nitrogens with zero attached hydrogens (tertiary/aromatic N) is 3. The maximum Gasteiger partial charge on any atom is 0.337 e. The predicted octanol–water partition coefficient (Wildman–Crippen LogP) is 2.21. The zero-order valence-corrected chi connectivity index (χ0v) is 17.9. The molecule has 0 radical (unpaired) electrons. The van der Waals surface area contributed by atoms with Crippen LogP contribution in [0.3, 0.4) is 0 Å². The van der Waals surface area contributed by atoms with Gasteiger partial charge >= 0.3 is 5.97 Å². The first kappa shape index (κ1) is 22.6. The molecule has 2 aromatic carbocycles. The molecule has 0 fully saturated rings. The second-order valence-corrected chi connectivity index (χ2v) is 8.28. The summed E-state index contributed by atoms with van der Waals surface area (Å²) in [5.41, 5.74) is 3.31. The highest BCUT2D eigenvalue weighted by molar-refractivity contribution is 7.92. The normalized spacial score (nSPS) is 11.2.